The molecule has 3 nitrogen and oxygen atoms in total. The summed E-state index contributed by atoms with van der Waals surface area (Å²) in [6.07, 6.45) is 2.79. The second kappa shape index (κ2) is 5.21. The second-order valence-corrected chi connectivity index (χ2v) is 5.21. The van der Waals surface area contributed by atoms with Crippen LogP contribution in [-0.2, 0) is 6.54 Å². The maximum absolute atomic E-state index is 9.34. The zero-order valence-corrected chi connectivity index (χ0v) is 10.7. The monoisotopic (exact) mass is 240 g/mol. The smallest absolute Gasteiger partial charge is 0.177 e. The van der Waals surface area contributed by atoms with Crippen LogP contribution in [0.15, 0.2) is 30.3 Å². The van der Waals surface area contributed by atoms with E-state index in [0.717, 1.165) is 25.8 Å². The van der Waals surface area contributed by atoms with Crippen molar-refractivity contribution in [2.24, 2.45) is 0 Å². The Bertz CT molecular complexity index is 459. The molecule has 0 aromatic heterocycles. The van der Waals surface area contributed by atoms with Gasteiger partial charge in [-0.05, 0) is 6.42 Å². The number of quaternary nitrogens is 1. The van der Waals surface area contributed by atoms with Crippen molar-refractivity contribution < 1.29 is 4.48 Å². The van der Waals surface area contributed by atoms with Crippen molar-refractivity contribution in [2.75, 3.05) is 7.05 Å². The van der Waals surface area contributed by atoms with Gasteiger partial charge in [0.05, 0.1) is 7.05 Å². The molecule has 18 heavy (non-hydrogen) atoms. The van der Waals surface area contributed by atoms with E-state index in [4.69, 9.17) is 0 Å². The van der Waals surface area contributed by atoms with Crippen molar-refractivity contribution >= 4 is 0 Å². The first-order chi connectivity index (χ1) is 8.70. The molecule has 1 aromatic carbocycles. The molecule has 0 amide bonds. The zero-order chi connectivity index (χ0) is 13.0. The van der Waals surface area contributed by atoms with Crippen molar-refractivity contribution in [1.82, 2.24) is 0 Å². The van der Waals surface area contributed by atoms with Crippen molar-refractivity contribution in [2.45, 2.75) is 37.9 Å². The van der Waals surface area contributed by atoms with Gasteiger partial charge < -0.3 is 0 Å². The molecule has 1 aromatic rings. The SMILES string of the molecule is C[N+]1(Cc2ccccc2)C(C#N)CCCC1C#N. The minimum absolute atomic E-state index is 0.0661. The van der Waals surface area contributed by atoms with Crippen LogP contribution in [0.3, 0.4) is 0 Å². The maximum atomic E-state index is 9.34. The minimum atomic E-state index is -0.0661. The van der Waals surface area contributed by atoms with Crippen LogP contribution >= 0.6 is 0 Å². The molecule has 0 radical (unpaired) electrons. The number of hydrogen-bond acceptors (Lipinski definition) is 2. The second-order valence-electron chi connectivity index (χ2n) is 5.21. The van der Waals surface area contributed by atoms with Gasteiger partial charge in [0.15, 0.2) is 12.1 Å². The van der Waals surface area contributed by atoms with E-state index in [1.807, 2.05) is 25.2 Å². The van der Waals surface area contributed by atoms with Gasteiger partial charge in [-0.3, -0.25) is 4.48 Å². The first kappa shape index (κ1) is 12.6. The van der Waals surface area contributed by atoms with E-state index >= 15 is 0 Å². The van der Waals surface area contributed by atoms with Gasteiger partial charge in [0.2, 0.25) is 0 Å². The van der Waals surface area contributed by atoms with Crippen LogP contribution in [0.5, 0.6) is 0 Å². The average Bonchev–Trinajstić information content (AvgIpc) is 2.39. The molecular weight excluding hydrogens is 222 g/mol. The summed E-state index contributed by atoms with van der Waals surface area (Å²) in [7, 11) is 2.05. The number of likely N-dealkylation sites (tertiary alicyclic amines) is 1. The highest BCUT2D eigenvalue weighted by Crippen LogP contribution is 2.31. The quantitative estimate of drug-likeness (QED) is 0.746. The molecule has 0 aliphatic carbocycles. The van der Waals surface area contributed by atoms with Crippen LogP contribution in [0, 0.1) is 22.7 Å². The molecule has 1 heterocycles. The molecule has 0 saturated carbocycles. The molecule has 3 heteroatoms. The largest absolute Gasteiger partial charge is 0.294 e. The van der Waals surface area contributed by atoms with Gasteiger partial charge >= 0.3 is 0 Å². The van der Waals surface area contributed by atoms with E-state index in [-0.39, 0.29) is 12.1 Å². The highest BCUT2D eigenvalue weighted by Gasteiger charge is 2.43. The number of nitriles is 2. The third kappa shape index (κ3) is 2.23. The Morgan fingerprint density at radius 1 is 1.11 bits per heavy atom. The fourth-order valence-electron chi connectivity index (χ4n) is 2.90. The molecule has 1 saturated heterocycles. The van der Waals surface area contributed by atoms with Crippen molar-refractivity contribution in [3.05, 3.63) is 35.9 Å². The molecule has 1 aliphatic heterocycles. The van der Waals surface area contributed by atoms with Gasteiger partial charge in [0.1, 0.15) is 18.7 Å². The Morgan fingerprint density at radius 2 is 1.67 bits per heavy atom. The van der Waals surface area contributed by atoms with E-state index in [0.29, 0.717) is 4.48 Å². The van der Waals surface area contributed by atoms with E-state index in [9.17, 15) is 10.5 Å². The molecule has 0 N–H and O–H groups in total. The number of piperidine rings is 1. The predicted octanol–water partition coefficient (Wildman–Crippen LogP) is 2.60. The van der Waals surface area contributed by atoms with Crippen LogP contribution in [0.1, 0.15) is 24.8 Å². The predicted molar refractivity (Wildman–Crippen MR) is 69.0 cm³/mol. The lowest BCUT2D eigenvalue weighted by molar-refractivity contribution is -0.958. The molecule has 1 aliphatic rings. The maximum Gasteiger partial charge on any atom is 0.177 e. The normalized spacial score (nSPS) is 31.3. The molecule has 2 atom stereocenters. The number of benzene rings is 1. The Hall–Kier alpha value is -1.84. The van der Waals surface area contributed by atoms with Crippen LogP contribution in [0.2, 0.25) is 0 Å². The lowest BCUT2D eigenvalue weighted by atomic mass is 9.92. The molecule has 0 bridgehead atoms. The summed E-state index contributed by atoms with van der Waals surface area (Å²) < 4.78 is 0.539. The lowest BCUT2D eigenvalue weighted by Gasteiger charge is -2.44. The van der Waals surface area contributed by atoms with Crippen molar-refractivity contribution in [1.29, 1.82) is 10.5 Å². The highest BCUT2D eigenvalue weighted by molar-refractivity contribution is 5.14. The zero-order valence-electron chi connectivity index (χ0n) is 10.7. The third-order valence-electron chi connectivity index (χ3n) is 4.04. The van der Waals surface area contributed by atoms with E-state index in [1.54, 1.807) is 0 Å². The van der Waals surface area contributed by atoms with Crippen LogP contribution < -0.4 is 0 Å². The molecule has 0 spiro atoms. The Morgan fingerprint density at radius 3 is 2.17 bits per heavy atom. The lowest BCUT2D eigenvalue weighted by Crippen LogP contribution is -2.59. The fourth-order valence-corrected chi connectivity index (χ4v) is 2.90. The summed E-state index contributed by atoms with van der Waals surface area (Å²) in [6.45, 7) is 0.761. The molecule has 2 rings (SSSR count). The highest BCUT2D eigenvalue weighted by atomic mass is 15.4. The van der Waals surface area contributed by atoms with Gasteiger partial charge in [0, 0.05) is 18.4 Å². The van der Waals surface area contributed by atoms with E-state index < -0.39 is 0 Å². The first-order valence-electron chi connectivity index (χ1n) is 6.39. The van der Waals surface area contributed by atoms with Crippen LogP contribution in [0.25, 0.3) is 0 Å². The summed E-state index contributed by atoms with van der Waals surface area (Å²) in [5, 5.41) is 18.7. The summed E-state index contributed by atoms with van der Waals surface area (Å²) in [4.78, 5) is 0. The van der Waals surface area contributed by atoms with Crippen LogP contribution in [0.4, 0.5) is 0 Å². The molecular formula is C15H18N3+. The number of nitrogens with zero attached hydrogens (tertiary/aromatic N) is 3. The van der Waals surface area contributed by atoms with Crippen LogP contribution in [-0.4, -0.2) is 23.6 Å². The Balaban J connectivity index is 2.29. The number of hydrogen-bond donors (Lipinski definition) is 0. The Kier molecular flexibility index (Phi) is 3.65. The summed E-state index contributed by atoms with van der Waals surface area (Å²) in [5.41, 5.74) is 1.20. The van der Waals surface area contributed by atoms with E-state index in [2.05, 4.69) is 24.3 Å². The average molecular weight is 240 g/mol. The minimum Gasteiger partial charge on any atom is -0.294 e. The van der Waals surface area contributed by atoms with Gasteiger partial charge in [-0.15, -0.1) is 0 Å². The van der Waals surface area contributed by atoms with Gasteiger partial charge in [0.25, 0.3) is 0 Å². The topological polar surface area (TPSA) is 47.6 Å². The summed E-state index contributed by atoms with van der Waals surface area (Å²) in [5.74, 6) is 0. The fraction of sp³-hybridized carbons (Fsp3) is 0.467. The summed E-state index contributed by atoms with van der Waals surface area (Å²) in [6, 6.07) is 14.8. The van der Waals surface area contributed by atoms with E-state index in [1.165, 1.54) is 5.56 Å². The third-order valence-corrected chi connectivity index (χ3v) is 4.04. The Labute approximate surface area is 108 Å². The van der Waals surface area contributed by atoms with Crippen molar-refractivity contribution in [3.8, 4) is 12.1 Å². The van der Waals surface area contributed by atoms with Crippen molar-refractivity contribution in [3.63, 3.8) is 0 Å². The summed E-state index contributed by atoms with van der Waals surface area (Å²) >= 11 is 0. The van der Waals surface area contributed by atoms with Gasteiger partial charge in [-0.2, -0.15) is 10.5 Å². The standard InChI is InChI=1S/C15H18N3/c1-18(12-13-6-3-2-4-7-13)14(10-16)8-5-9-15(18)11-17/h2-4,6-7,14-15H,5,8-9,12H2,1H3/q+1. The molecule has 1 fully saturated rings. The van der Waals surface area contributed by atoms with Gasteiger partial charge in [-0.1, -0.05) is 30.3 Å². The van der Waals surface area contributed by atoms with Gasteiger partial charge in [-0.25, -0.2) is 0 Å². The number of rotatable bonds is 2. The molecule has 2 unspecified atom stereocenters. The first-order valence-corrected chi connectivity index (χ1v) is 6.39. The molecule has 92 valence electrons.